The molecule has 24 heavy (non-hydrogen) atoms. The van der Waals surface area contributed by atoms with Crippen molar-refractivity contribution in [3.05, 3.63) is 40.4 Å². The van der Waals surface area contributed by atoms with Crippen molar-refractivity contribution in [3.8, 4) is 0 Å². The van der Waals surface area contributed by atoms with E-state index in [4.69, 9.17) is 11.6 Å². The molecular weight excluding hydrogens is 350 g/mol. The second kappa shape index (κ2) is 7.41. The van der Waals surface area contributed by atoms with Gasteiger partial charge in [0.25, 0.3) is 0 Å². The van der Waals surface area contributed by atoms with Gasteiger partial charge in [-0.15, -0.1) is 0 Å². The second-order valence-electron chi connectivity index (χ2n) is 5.11. The third-order valence-corrected chi connectivity index (χ3v) is 4.41. The summed E-state index contributed by atoms with van der Waals surface area (Å²) in [6, 6.07) is 9.66. The number of hydrogen-bond acceptors (Lipinski definition) is 6. The Bertz CT molecular complexity index is 773. The third-order valence-electron chi connectivity index (χ3n) is 3.10. The van der Waals surface area contributed by atoms with Crippen LogP contribution in [0.5, 0.6) is 0 Å². The maximum absolute atomic E-state index is 11.5. The standard InChI is InChI=1S/C15H14ClN5O2S/c16-12-11(8-17-21-14(23)13(22)18-10-6-7-10)24-15(20-12)19-9-4-2-1-3-5-9/h1-5,8,10H,6-7H2,(H,18,22)(H,19,20)(H,21,23)/b17-8+. The lowest BCUT2D eigenvalue weighted by molar-refractivity contribution is -0.139. The average Bonchev–Trinajstić information content (AvgIpc) is 3.31. The molecule has 0 spiro atoms. The van der Waals surface area contributed by atoms with Gasteiger partial charge in [0.1, 0.15) is 0 Å². The number of carbonyl (C=O) groups excluding carboxylic acids is 2. The molecule has 7 nitrogen and oxygen atoms in total. The number of rotatable bonds is 5. The maximum atomic E-state index is 11.5. The van der Waals surface area contributed by atoms with E-state index in [-0.39, 0.29) is 11.2 Å². The van der Waals surface area contributed by atoms with E-state index in [1.54, 1.807) is 0 Å². The Kier molecular flexibility index (Phi) is 5.07. The molecule has 1 aromatic heterocycles. The first kappa shape index (κ1) is 16.4. The minimum absolute atomic E-state index is 0.120. The quantitative estimate of drug-likeness (QED) is 0.431. The number of amides is 2. The summed E-state index contributed by atoms with van der Waals surface area (Å²) >= 11 is 7.32. The molecule has 1 aromatic carbocycles. The number of carbonyl (C=O) groups is 2. The van der Waals surface area contributed by atoms with E-state index in [0.29, 0.717) is 10.0 Å². The van der Waals surface area contributed by atoms with Gasteiger partial charge in [-0.1, -0.05) is 41.1 Å². The minimum Gasteiger partial charge on any atom is -0.345 e. The number of hydrogen-bond donors (Lipinski definition) is 3. The van der Waals surface area contributed by atoms with E-state index in [1.165, 1.54) is 17.6 Å². The van der Waals surface area contributed by atoms with Crippen molar-refractivity contribution >= 4 is 51.8 Å². The number of para-hydroxylation sites is 1. The van der Waals surface area contributed by atoms with Crippen molar-refractivity contribution in [2.24, 2.45) is 5.10 Å². The summed E-state index contributed by atoms with van der Waals surface area (Å²) in [4.78, 5) is 27.7. The Morgan fingerprint density at radius 3 is 2.71 bits per heavy atom. The summed E-state index contributed by atoms with van der Waals surface area (Å²) in [7, 11) is 0. The number of aromatic nitrogens is 1. The van der Waals surface area contributed by atoms with Crippen LogP contribution in [0, 0.1) is 0 Å². The van der Waals surface area contributed by atoms with Crippen LogP contribution in [0.2, 0.25) is 5.15 Å². The van der Waals surface area contributed by atoms with Gasteiger partial charge in [0.2, 0.25) is 0 Å². The SMILES string of the molecule is O=C(N/N=C/c1sc(Nc2ccccc2)nc1Cl)C(=O)NC1CC1. The van der Waals surface area contributed by atoms with E-state index in [9.17, 15) is 9.59 Å². The lowest BCUT2D eigenvalue weighted by Gasteiger charge is -2.00. The van der Waals surface area contributed by atoms with Crippen LogP contribution in [0.1, 0.15) is 17.7 Å². The molecule has 1 heterocycles. The summed E-state index contributed by atoms with van der Waals surface area (Å²) in [5.74, 6) is -1.49. The van der Waals surface area contributed by atoms with Gasteiger partial charge in [0, 0.05) is 11.7 Å². The fraction of sp³-hybridized carbons (Fsp3) is 0.200. The molecule has 3 rings (SSSR count). The van der Waals surface area contributed by atoms with Crippen molar-refractivity contribution in [2.75, 3.05) is 5.32 Å². The first-order valence-corrected chi connectivity index (χ1v) is 8.43. The molecule has 1 aliphatic carbocycles. The summed E-state index contributed by atoms with van der Waals surface area (Å²) < 4.78 is 0. The molecule has 0 aliphatic heterocycles. The number of anilines is 2. The summed E-state index contributed by atoms with van der Waals surface area (Å²) in [5.41, 5.74) is 3.05. The van der Waals surface area contributed by atoms with E-state index in [1.807, 2.05) is 30.3 Å². The first-order chi connectivity index (χ1) is 11.6. The highest BCUT2D eigenvalue weighted by atomic mass is 35.5. The minimum atomic E-state index is -0.804. The van der Waals surface area contributed by atoms with Crippen molar-refractivity contribution in [1.82, 2.24) is 15.7 Å². The zero-order valence-electron chi connectivity index (χ0n) is 12.5. The molecule has 0 unspecified atom stereocenters. The predicted molar refractivity (Wildman–Crippen MR) is 93.8 cm³/mol. The molecule has 1 fully saturated rings. The molecule has 3 N–H and O–H groups in total. The van der Waals surface area contributed by atoms with Crippen molar-refractivity contribution in [1.29, 1.82) is 0 Å². The Morgan fingerprint density at radius 2 is 2.00 bits per heavy atom. The first-order valence-electron chi connectivity index (χ1n) is 7.24. The summed E-state index contributed by atoms with van der Waals surface area (Å²) in [5, 5.41) is 10.3. The number of benzene rings is 1. The normalized spacial score (nSPS) is 13.7. The fourth-order valence-corrected chi connectivity index (χ4v) is 2.82. The highest BCUT2D eigenvalue weighted by molar-refractivity contribution is 7.17. The predicted octanol–water partition coefficient (Wildman–Crippen LogP) is 2.27. The van der Waals surface area contributed by atoms with Gasteiger partial charge in [-0.3, -0.25) is 9.59 Å². The van der Waals surface area contributed by atoms with Gasteiger partial charge < -0.3 is 10.6 Å². The lowest BCUT2D eigenvalue weighted by atomic mass is 10.3. The average molecular weight is 364 g/mol. The number of halogens is 1. The Hall–Kier alpha value is -2.45. The smallest absolute Gasteiger partial charge is 0.329 e. The molecular formula is C15H14ClN5O2S. The van der Waals surface area contributed by atoms with Crippen LogP contribution in [0.4, 0.5) is 10.8 Å². The van der Waals surface area contributed by atoms with Crippen LogP contribution < -0.4 is 16.1 Å². The molecule has 124 valence electrons. The van der Waals surface area contributed by atoms with E-state index in [0.717, 1.165) is 18.5 Å². The van der Waals surface area contributed by atoms with Crippen molar-refractivity contribution in [2.45, 2.75) is 18.9 Å². The molecule has 0 bridgehead atoms. The maximum Gasteiger partial charge on any atom is 0.329 e. The van der Waals surface area contributed by atoms with Gasteiger partial charge in [0.15, 0.2) is 10.3 Å². The third kappa shape index (κ3) is 4.53. The van der Waals surface area contributed by atoms with Crippen LogP contribution >= 0.6 is 22.9 Å². The molecule has 1 saturated carbocycles. The van der Waals surface area contributed by atoms with E-state index in [2.05, 4.69) is 26.1 Å². The zero-order chi connectivity index (χ0) is 16.9. The number of nitrogens with one attached hydrogen (secondary N) is 3. The Balaban J connectivity index is 1.56. The van der Waals surface area contributed by atoms with Gasteiger partial charge in [0.05, 0.1) is 11.1 Å². The van der Waals surface area contributed by atoms with Gasteiger partial charge in [-0.2, -0.15) is 5.10 Å². The van der Waals surface area contributed by atoms with Crippen molar-refractivity contribution < 1.29 is 9.59 Å². The molecule has 0 atom stereocenters. The number of nitrogens with zero attached hydrogens (tertiary/aromatic N) is 2. The number of hydrazone groups is 1. The highest BCUT2D eigenvalue weighted by Crippen LogP contribution is 2.27. The number of thiazole rings is 1. The fourth-order valence-electron chi connectivity index (χ4n) is 1.77. The van der Waals surface area contributed by atoms with Crippen LogP contribution in [0.15, 0.2) is 35.4 Å². The molecule has 0 saturated heterocycles. The van der Waals surface area contributed by atoms with Crippen molar-refractivity contribution in [3.63, 3.8) is 0 Å². The molecule has 1 aliphatic rings. The van der Waals surface area contributed by atoms with Gasteiger partial charge in [-0.25, -0.2) is 10.4 Å². The second-order valence-corrected chi connectivity index (χ2v) is 6.50. The Labute approximate surface area is 147 Å². The molecule has 9 heteroatoms. The van der Waals surface area contributed by atoms with Crippen LogP contribution in [-0.4, -0.2) is 29.1 Å². The molecule has 0 radical (unpaired) electrons. The summed E-state index contributed by atoms with van der Waals surface area (Å²) in [6.45, 7) is 0. The summed E-state index contributed by atoms with van der Waals surface area (Å²) in [6.07, 6.45) is 3.18. The van der Waals surface area contributed by atoms with Crippen LogP contribution in [0.3, 0.4) is 0 Å². The zero-order valence-corrected chi connectivity index (χ0v) is 14.0. The Morgan fingerprint density at radius 1 is 1.25 bits per heavy atom. The molecule has 2 aromatic rings. The van der Waals surface area contributed by atoms with Gasteiger partial charge >= 0.3 is 11.8 Å². The monoisotopic (exact) mass is 363 g/mol. The topological polar surface area (TPSA) is 95.5 Å². The highest BCUT2D eigenvalue weighted by Gasteiger charge is 2.26. The van der Waals surface area contributed by atoms with Crippen LogP contribution in [-0.2, 0) is 9.59 Å². The lowest BCUT2D eigenvalue weighted by Crippen LogP contribution is -2.38. The van der Waals surface area contributed by atoms with Gasteiger partial charge in [-0.05, 0) is 25.0 Å². The van der Waals surface area contributed by atoms with E-state index < -0.39 is 11.8 Å². The largest absolute Gasteiger partial charge is 0.345 e. The molecule has 2 amide bonds. The van der Waals surface area contributed by atoms with Crippen LogP contribution in [0.25, 0.3) is 0 Å². The van der Waals surface area contributed by atoms with E-state index >= 15 is 0 Å².